The van der Waals surface area contributed by atoms with E-state index in [9.17, 15) is 33.9 Å². The van der Waals surface area contributed by atoms with E-state index in [2.05, 4.69) is 5.32 Å². The number of alkyl carbamates (subject to hydrolysis) is 1. The lowest BCUT2D eigenvalue weighted by atomic mass is 9.83. The van der Waals surface area contributed by atoms with E-state index in [1.165, 1.54) is 37.4 Å². The summed E-state index contributed by atoms with van der Waals surface area (Å²) in [5.41, 5.74) is 4.45. The zero-order valence-electron chi connectivity index (χ0n) is 39.6. The number of esters is 3. The van der Waals surface area contributed by atoms with Gasteiger partial charge in [-0.15, -0.1) is 12.4 Å². The summed E-state index contributed by atoms with van der Waals surface area (Å²) in [6.07, 6.45) is 10.3. The number of carbonyl (C=O) groups is 6. The Balaban J connectivity index is 0.000000430. The first-order valence-electron chi connectivity index (χ1n) is 22.6. The normalized spacial score (nSPS) is 23.3. The van der Waals surface area contributed by atoms with Crippen LogP contribution in [0, 0.1) is 11.8 Å². The molecule has 2 saturated heterocycles. The second-order valence-electron chi connectivity index (χ2n) is 19.5. The molecule has 2 aliphatic carbocycles. The number of aliphatic hydroxyl groups excluding tert-OH is 1. The molecule has 17 nitrogen and oxygen atoms in total. The third-order valence-electron chi connectivity index (χ3n) is 12.2. The van der Waals surface area contributed by atoms with Crippen molar-refractivity contribution in [3.05, 3.63) is 0 Å². The molecule has 6 atom stereocenters. The number of aliphatic hydroxyl groups is 1. The highest BCUT2D eigenvalue weighted by Gasteiger charge is 2.47. The summed E-state index contributed by atoms with van der Waals surface area (Å²) in [5, 5.41) is 12.1. The summed E-state index contributed by atoms with van der Waals surface area (Å²) in [6.45, 7) is 15.0. The molecule has 63 heavy (non-hydrogen) atoms. The van der Waals surface area contributed by atoms with Crippen LogP contribution in [0.4, 0.5) is 4.79 Å². The average Bonchev–Trinajstić information content (AvgIpc) is 3.82. The van der Waals surface area contributed by atoms with Gasteiger partial charge in [-0.3, -0.25) is 14.4 Å². The van der Waals surface area contributed by atoms with E-state index < -0.39 is 59.0 Å². The van der Waals surface area contributed by atoms with Crippen molar-refractivity contribution in [2.75, 3.05) is 40.5 Å². The lowest BCUT2D eigenvalue weighted by Gasteiger charge is -2.34. The molecule has 18 heteroatoms. The lowest BCUT2D eigenvalue weighted by molar-refractivity contribution is -0.152. The standard InChI is InChI=1S/C24H42N2O7.C21H36N2O6.ClH/c1-23(2,3)33-22(30)25-19(16-10-8-7-9-11-16)20(28)26-15-17(14-18(26)21(29)31-6)32-24(4,5)12-13-27;1-14(24)28-11-10-21(2,3)29-16-12-17(20(26)27-4)23(13-16)19(25)18(22)15-8-6-5-7-9-15;/h16-19,27H,7-15H2,1-6H3,(H,25,30);15-18H,5-13,22H2,1-4H3;1H/t17-,18+,19+;16-,17+,18+;/m11./s1. The molecule has 2 saturated carbocycles. The maximum Gasteiger partial charge on any atom is 0.408 e. The Morgan fingerprint density at radius 3 is 1.57 bits per heavy atom. The van der Waals surface area contributed by atoms with Gasteiger partial charge in [0.25, 0.3) is 0 Å². The van der Waals surface area contributed by atoms with Crippen LogP contribution >= 0.6 is 12.4 Å². The number of amides is 3. The van der Waals surface area contributed by atoms with Crippen molar-refractivity contribution in [1.29, 1.82) is 0 Å². The van der Waals surface area contributed by atoms with Crippen molar-refractivity contribution in [2.45, 2.75) is 198 Å². The fourth-order valence-electron chi connectivity index (χ4n) is 9.05. The monoisotopic (exact) mass is 919 g/mol. The molecule has 4 rings (SSSR count). The second-order valence-corrected chi connectivity index (χ2v) is 19.5. The molecule has 0 aromatic carbocycles. The Labute approximate surface area is 381 Å². The van der Waals surface area contributed by atoms with Gasteiger partial charge in [-0.2, -0.15) is 0 Å². The highest BCUT2D eigenvalue weighted by Crippen LogP contribution is 2.33. The average molecular weight is 920 g/mol. The first-order chi connectivity index (χ1) is 29.0. The smallest absolute Gasteiger partial charge is 0.408 e. The molecule has 2 heterocycles. The molecular weight excluding hydrogens is 840 g/mol. The Bertz CT molecular complexity index is 1500. The third-order valence-corrected chi connectivity index (χ3v) is 12.2. The van der Waals surface area contributed by atoms with Crippen molar-refractivity contribution in [3.63, 3.8) is 0 Å². The van der Waals surface area contributed by atoms with Gasteiger partial charge in [-0.25, -0.2) is 14.4 Å². The van der Waals surface area contributed by atoms with E-state index in [0.717, 1.165) is 57.8 Å². The van der Waals surface area contributed by atoms with Crippen molar-refractivity contribution in [3.8, 4) is 0 Å². The molecular formula is C45H79ClN4O13. The van der Waals surface area contributed by atoms with Crippen molar-refractivity contribution in [1.82, 2.24) is 15.1 Å². The molecule has 0 aromatic rings. The van der Waals surface area contributed by atoms with E-state index >= 15 is 0 Å². The first kappa shape index (κ1) is 55.9. The van der Waals surface area contributed by atoms with E-state index in [1.807, 2.05) is 27.7 Å². The molecule has 0 unspecified atom stereocenters. The van der Waals surface area contributed by atoms with Crippen LogP contribution in [0.25, 0.3) is 0 Å². The zero-order chi connectivity index (χ0) is 46.4. The molecule has 3 amide bonds. The third kappa shape index (κ3) is 17.9. The molecule has 4 N–H and O–H groups in total. The van der Waals surface area contributed by atoms with Crippen LogP contribution in [0.1, 0.15) is 145 Å². The number of rotatable bonds is 16. The fourth-order valence-corrected chi connectivity index (χ4v) is 9.05. The van der Waals surface area contributed by atoms with E-state index in [1.54, 1.807) is 20.8 Å². The number of nitrogens with two attached hydrogens (primary N) is 1. The summed E-state index contributed by atoms with van der Waals surface area (Å²) in [7, 11) is 2.62. The molecule has 0 bridgehead atoms. The van der Waals surface area contributed by atoms with E-state index in [-0.39, 0.29) is 74.0 Å². The van der Waals surface area contributed by atoms with Crippen LogP contribution in [0.15, 0.2) is 0 Å². The minimum absolute atomic E-state index is 0. The maximum absolute atomic E-state index is 13.8. The number of likely N-dealkylation sites (tertiary alicyclic amines) is 2. The fraction of sp³-hybridized carbons (Fsp3) is 0.867. The number of nitrogens with zero attached hydrogens (tertiary/aromatic N) is 2. The van der Waals surface area contributed by atoms with Gasteiger partial charge in [0, 0.05) is 45.9 Å². The highest BCUT2D eigenvalue weighted by atomic mass is 35.5. The molecule has 0 aromatic heterocycles. The SMILES string of the molecule is COC(=O)[C@@H]1C[C@@H](OC(C)(C)CCO)CN1C(=O)[C@@H](NC(=O)OC(C)(C)C)C1CCCCC1.COC(=O)[C@@H]1C[C@@H](OC(C)(C)CCOC(C)=O)CN1C(=O)[C@@H](N)C1CCCCC1.Cl. The topological polar surface area (TPSA) is 223 Å². The van der Waals surface area contributed by atoms with Crippen LogP contribution in [0.5, 0.6) is 0 Å². The summed E-state index contributed by atoms with van der Waals surface area (Å²) in [6, 6.07) is -2.85. The van der Waals surface area contributed by atoms with Gasteiger partial charge in [0.1, 0.15) is 23.7 Å². The quantitative estimate of drug-likeness (QED) is 0.137. The van der Waals surface area contributed by atoms with Crippen LogP contribution in [0.3, 0.4) is 0 Å². The van der Waals surface area contributed by atoms with Crippen molar-refractivity contribution in [2.24, 2.45) is 17.6 Å². The molecule has 0 radical (unpaired) electrons. The van der Waals surface area contributed by atoms with Crippen LogP contribution < -0.4 is 11.1 Å². The lowest BCUT2D eigenvalue weighted by Crippen LogP contribution is -2.55. The molecule has 4 aliphatic rings. The van der Waals surface area contributed by atoms with Gasteiger partial charge in [0.2, 0.25) is 11.8 Å². The zero-order valence-corrected chi connectivity index (χ0v) is 40.4. The van der Waals surface area contributed by atoms with Gasteiger partial charge >= 0.3 is 24.0 Å². The Morgan fingerprint density at radius 1 is 0.698 bits per heavy atom. The number of methoxy groups -OCH3 is 2. The van der Waals surface area contributed by atoms with Crippen LogP contribution in [0.2, 0.25) is 0 Å². The Morgan fingerprint density at radius 2 is 1.14 bits per heavy atom. The van der Waals surface area contributed by atoms with E-state index in [0.29, 0.717) is 32.2 Å². The van der Waals surface area contributed by atoms with Crippen LogP contribution in [-0.4, -0.2) is 144 Å². The Kier molecular flexibility index (Phi) is 22.6. The number of hydrogen-bond acceptors (Lipinski definition) is 14. The number of halogens is 1. The number of carbonyl (C=O) groups excluding carboxylic acids is 6. The minimum atomic E-state index is -0.788. The summed E-state index contributed by atoms with van der Waals surface area (Å²) in [5.74, 6) is -1.66. The summed E-state index contributed by atoms with van der Waals surface area (Å²) in [4.78, 5) is 78.3. The van der Waals surface area contributed by atoms with Gasteiger partial charge in [0.05, 0.1) is 50.3 Å². The number of nitrogens with one attached hydrogen (secondary N) is 1. The predicted molar refractivity (Wildman–Crippen MR) is 237 cm³/mol. The first-order valence-corrected chi connectivity index (χ1v) is 22.6. The predicted octanol–water partition coefficient (Wildman–Crippen LogP) is 4.99. The molecule has 0 spiro atoms. The van der Waals surface area contributed by atoms with Gasteiger partial charge in [-0.1, -0.05) is 38.5 Å². The largest absolute Gasteiger partial charge is 0.467 e. The number of hydrogen-bond donors (Lipinski definition) is 3. The van der Waals surface area contributed by atoms with Crippen LogP contribution in [-0.2, 0) is 52.4 Å². The Hall–Kier alpha value is -3.25. The minimum Gasteiger partial charge on any atom is -0.467 e. The maximum atomic E-state index is 13.8. The second kappa shape index (κ2) is 25.4. The highest BCUT2D eigenvalue weighted by molar-refractivity contribution is 5.91. The molecule has 4 fully saturated rings. The van der Waals surface area contributed by atoms with Gasteiger partial charge in [0.15, 0.2) is 0 Å². The summed E-state index contributed by atoms with van der Waals surface area (Å²) < 4.78 is 32.6. The van der Waals surface area contributed by atoms with Crippen molar-refractivity contribution < 1.29 is 62.3 Å². The van der Waals surface area contributed by atoms with Gasteiger partial charge < -0.3 is 54.4 Å². The summed E-state index contributed by atoms with van der Waals surface area (Å²) >= 11 is 0. The number of ether oxygens (including phenoxy) is 6. The van der Waals surface area contributed by atoms with E-state index in [4.69, 9.17) is 34.2 Å². The van der Waals surface area contributed by atoms with Crippen molar-refractivity contribution >= 4 is 48.2 Å². The molecule has 2 aliphatic heterocycles. The van der Waals surface area contributed by atoms with Gasteiger partial charge in [-0.05, 0) is 92.4 Å². The molecule has 364 valence electrons.